The molecule has 0 saturated carbocycles. The summed E-state index contributed by atoms with van der Waals surface area (Å²) in [7, 11) is 0. The first-order valence-electron chi connectivity index (χ1n) is 9.70. The summed E-state index contributed by atoms with van der Waals surface area (Å²) >= 11 is 0. The Hall–Kier alpha value is -3.41. The number of carbonyl (C=O) groups excluding carboxylic acids is 3. The van der Waals surface area contributed by atoms with Gasteiger partial charge in [0, 0.05) is 30.8 Å². The Morgan fingerprint density at radius 3 is 2.27 bits per heavy atom. The lowest BCUT2D eigenvalue weighted by Gasteiger charge is -2.19. The molecule has 0 atom stereocenters. The number of rotatable bonds is 6. The number of hydrogen-bond donors (Lipinski definition) is 2. The van der Waals surface area contributed by atoms with Crippen molar-refractivity contribution in [1.82, 2.24) is 5.32 Å². The SMILES string of the molecule is CC(=O)Oc1cccc(C(=O)NCc2ccc(NC(=O)/C=C(\C)C(C)(C)C)cc2)c1. The number of amides is 2. The molecule has 2 aromatic rings. The van der Waals surface area contributed by atoms with Crippen molar-refractivity contribution in [3.63, 3.8) is 0 Å². The fraction of sp³-hybridized carbons (Fsp3) is 0.292. The summed E-state index contributed by atoms with van der Waals surface area (Å²) in [6.45, 7) is 9.74. The van der Waals surface area contributed by atoms with Gasteiger partial charge in [-0.2, -0.15) is 0 Å². The van der Waals surface area contributed by atoms with Crippen molar-refractivity contribution < 1.29 is 19.1 Å². The second-order valence-corrected chi connectivity index (χ2v) is 8.07. The van der Waals surface area contributed by atoms with E-state index in [0.29, 0.717) is 23.5 Å². The van der Waals surface area contributed by atoms with Gasteiger partial charge in [0.2, 0.25) is 5.91 Å². The van der Waals surface area contributed by atoms with Gasteiger partial charge in [0.1, 0.15) is 5.75 Å². The third-order valence-electron chi connectivity index (χ3n) is 4.56. The summed E-state index contributed by atoms with van der Waals surface area (Å²) in [6.07, 6.45) is 1.61. The average molecular weight is 408 g/mol. The monoisotopic (exact) mass is 408 g/mol. The van der Waals surface area contributed by atoms with Crippen LogP contribution in [0.5, 0.6) is 5.75 Å². The minimum absolute atomic E-state index is 0.0584. The molecular formula is C24H28N2O4. The van der Waals surface area contributed by atoms with Gasteiger partial charge in [-0.3, -0.25) is 14.4 Å². The molecule has 0 radical (unpaired) electrons. The Balaban J connectivity index is 1.93. The van der Waals surface area contributed by atoms with Gasteiger partial charge in [-0.25, -0.2) is 0 Å². The number of anilines is 1. The van der Waals surface area contributed by atoms with Crippen molar-refractivity contribution in [2.24, 2.45) is 5.41 Å². The minimum atomic E-state index is -0.441. The molecule has 0 heterocycles. The van der Waals surface area contributed by atoms with E-state index in [2.05, 4.69) is 31.4 Å². The molecule has 2 amide bonds. The van der Waals surface area contributed by atoms with E-state index >= 15 is 0 Å². The molecule has 0 aromatic heterocycles. The van der Waals surface area contributed by atoms with Crippen LogP contribution in [0, 0.1) is 5.41 Å². The zero-order valence-electron chi connectivity index (χ0n) is 18.0. The van der Waals surface area contributed by atoms with Gasteiger partial charge in [0.15, 0.2) is 0 Å². The highest BCUT2D eigenvalue weighted by Gasteiger charge is 2.14. The molecule has 0 saturated heterocycles. The minimum Gasteiger partial charge on any atom is -0.427 e. The van der Waals surface area contributed by atoms with Crippen LogP contribution < -0.4 is 15.4 Å². The van der Waals surface area contributed by atoms with Crippen LogP contribution in [-0.4, -0.2) is 17.8 Å². The molecule has 0 aliphatic carbocycles. The number of ether oxygens (including phenoxy) is 1. The number of benzene rings is 2. The normalized spacial score (nSPS) is 11.6. The third-order valence-corrected chi connectivity index (χ3v) is 4.56. The molecule has 30 heavy (non-hydrogen) atoms. The van der Waals surface area contributed by atoms with Crippen LogP contribution in [-0.2, 0) is 16.1 Å². The fourth-order valence-corrected chi connectivity index (χ4v) is 2.45. The first-order chi connectivity index (χ1) is 14.0. The van der Waals surface area contributed by atoms with Crippen molar-refractivity contribution in [2.45, 2.75) is 41.2 Å². The Labute approximate surface area is 177 Å². The summed E-state index contributed by atoms with van der Waals surface area (Å²) in [6, 6.07) is 13.7. The molecule has 0 unspecified atom stereocenters. The zero-order valence-corrected chi connectivity index (χ0v) is 18.0. The van der Waals surface area contributed by atoms with E-state index in [0.717, 1.165) is 11.1 Å². The maximum absolute atomic E-state index is 12.3. The van der Waals surface area contributed by atoms with E-state index in [1.54, 1.807) is 36.4 Å². The van der Waals surface area contributed by atoms with Gasteiger partial charge >= 0.3 is 5.97 Å². The molecule has 6 heteroatoms. The lowest BCUT2D eigenvalue weighted by molar-refractivity contribution is -0.131. The van der Waals surface area contributed by atoms with Crippen molar-refractivity contribution in [1.29, 1.82) is 0 Å². The standard InChI is InChI=1S/C24H28N2O4/c1-16(24(3,4)5)13-22(28)26-20-11-9-18(10-12-20)15-25-23(29)19-7-6-8-21(14-19)30-17(2)27/h6-14H,15H2,1-5H3,(H,25,29)(H,26,28)/b16-13+. The van der Waals surface area contributed by atoms with Crippen LogP contribution in [0.1, 0.15) is 50.5 Å². The van der Waals surface area contributed by atoms with Crippen LogP contribution in [0.2, 0.25) is 0 Å². The lowest BCUT2D eigenvalue weighted by Crippen LogP contribution is -2.22. The predicted octanol–water partition coefficient (Wildman–Crippen LogP) is 4.47. The van der Waals surface area contributed by atoms with E-state index in [4.69, 9.17) is 4.74 Å². The molecule has 2 aromatic carbocycles. The fourth-order valence-electron chi connectivity index (χ4n) is 2.45. The van der Waals surface area contributed by atoms with Gasteiger partial charge in [0.25, 0.3) is 5.91 Å². The van der Waals surface area contributed by atoms with Crippen LogP contribution in [0.25, 0.3) is 0 Å². The molecule has 0 spiro atoms. The first-order valence-corrected chi connectivity index (χ1v) is 9.70. The van der Waals surface area contributed by atoms with E-state index in [1.807, 2.05) is 19.1 Å². The van der Waals surface area contributed by atoms with Crippen LogP contribution in [0.15, 0.2) is 60.2 Å². The largest absolute Gasteiger partial charge is 0.427 e. The van der Waals surface area contributed by atoms with Gasteiger partial charge in [-0.05, 0) is 48.2 Å². The summed E-state index contributed by atoms with van der Waals surface area (Å²) in [5, 5.41) is 5.66. The summed E-state index contributed by atoms with van der Waals surface area (Å²) < 4.78 is 5.00. The van der Waals surface area contributed by atoms with E-state index in [1.165, 1.54) is 13.0 Å². The Morgan fingerprint density at radius 1 is 1.00 bits per heavy atom. The predicted molar refractivity (Wildman–Crippen MR) is 117 cm³/mol. The molecule has 6 nitrogen and oxygen atoms in total. The van der Waals surface area contributed by atoms with E-state index in [-0.39, 0.29) is 17.2 Å². The second kappa shape index (κ2) is 9.87. The van der Waals surface area contributed by atoms with Crippen molar-refractivity contribution in [2.75, 3.05) is 5.32 Å². The first kappa shape index (κ1) is 22.9. The molecule has 0 bridgehead atoms. The number of nitrogens with one attached hydrogen (secondary N) is 2. The molecule has 0 aliphatic heterocycles. The van der Waals surface area contributed by atoms with Crippen molar-refractivity contribution in [3.05, 3.63) is 71.3 Å². The highest BCUT2D eigenvalue weighted by molar-refractivity contribution is 5.99. The van der Waals surface area contributed by atoms with Gasteiger partial charge in [-0.15, -0.1) is 0 Å². The molecule has 2 rings (SSSR count). The van der Waals surface area contributed by atoms with Crippen LogP contribution >= 0.6 is 0 Å². The summed E-state index contributed by atoms with van der Waals surface area (Å²) in [5.41, 5.74) is 2.91. The Bertz CT molecular complexity index is 954. The molecule has 0 fully saturated rings. The molecule has 2 N–H and O–H groups in total. The highest BCUT2D eigenvalue weighted by atomic mass is 16.5. The maximum Gasteiger partial charge on any atom is 0.308 e. The lowest BCUT2D eigenvalue weighted by atomic mass is 9.87. The number of carbonyl (C=O) groups is 3. The topological polar surface area (TPSA) is 84.5 Å². The smallest absolute Gasteiger partial charge is 0.308 e. The highest BCUT2D eigenvalue weighted by Crippen LogP contribution is 2.24. The van der Waals surface area contributed by atoms with Gasteiger partial charge in [0.05, 0.1) is 0 Å². The molecule has 158 valence electrons. The van der Waals surface area contributed by atoms with Crippen LogP contribution in [0.4, 0.5) is 5.69 Å². The zero-order chi connectivity index (χ0) is 22.3. The van der Waals surface area contributed by atoms with Gasteiger partial charge < -0.3 is 15.4 Å². The van der Waals surface area contributed by atoms with E-state index < -0.39 is 5.97 Å². The maximum atomic E-state index is 12.3. The quantitative estimate of drug-likeness (QED) is 0.419. The number of hydrogen-bond acceptors (Lipinski definition) is 4. The molecular weight excluding hydrogens is 380 g/mol. The Morgan fingerprint density at radius 2 is 1.67 bits per heavy atom. The Kier molecular flexibility index (Phi) is 7.53. The summed E-state index contributed by atoms with van der Waals surface area (Å²) in [4.78, 5) is 35.5. The van der Waals surface area contributed by atoms with Crippen LogP contribution in [0.3, 0.4) is 0 Å². The number of esters is 1. The van der Waals surface area contributed by atoms with E-state index in [9.17, 15) is 14.4 Å². The summed E-state index contributed by atoms with van der Waals surface area (Å²) in [5.74, 6) is -0.560. The second-order valence-electron chi connectivity index (χ2n) is 8.07. The van der Waals surface area contributed by atoms with Crippen molar-refractivity contribution in [3.8, 4) is 5.75 Å². The van der Waals surface area contributed by atoms with Crippen molar-refractivity contribution >= 4 is 23.5 Å². The molecule has 0 aliphatic rings. The average Bonchev–Trinajstić information content (AvgIpc) is 2.66. The third kappa shape index (κ3) is 7.20. The number of allylic oxidation sites excluding steroid dienone is 1. The van der Waals surface area contributed by atoms with Gasteiger partial charge in [-0.1, -0.05) is 44.5 Å².